The summed E-state index contributed by atoms with van der Waals surface area (Å²) in [6.07, 6.45) is 4.13. The molecule has 2 rings (SSSR count). The summed E-state index contributed by atoms with van der Waals surface area (Å²) in [7, 11) is 0. The first-order chi connectivity index (χ1) is 5.04. The molecule has 0 radical (unpaired) electrons. The lowest BCUT2D eigenvalue weighted by Crippen LogP contribution is -2.36. The Kier molecular flexibility index (Phi) is 1.23. The fourth-order valence-corrected chi connectivity index (χ4v) is 2.63. The highest BCUT2D eigenvalue weighted by Gasteiger charge is 2.53. The lowest BCUT2D eigenvalue weighted by molar-refractivity contribution is -0.134. The zero-order valence-electron chi connectivity index (χ0n) is 6.89. The van der Waals surface area contributed by atoms with E-state index in [2.05, 4.69) is 6.92 Å². The summed E-state index contributed by atoms with van der Waals surface area (Å²) in [5.41, 5.74) is -0.795. The van der Waals surface area contributed by atoms with Crippen LogP contribution in [0.25, 0.3) is 0 Å². The van der Waals surface area contributed by atoms with Crippen LogP contribution in [0.1, 0.15) is 39.0 Å². The van der Waals surface area contributed by atoms with E-state index in [9.17, 15) is 9.90 Å². The summed E-state index contributed by atoms with van der Waals surface area (Å²) in [6.45, 7) is 2.11. The second kappa shape index (κ2) is 1.86. The van der Waals surface area contributed by atoms with E-state index in [1.165, 1.54) is 0 Å². The molecule has 2 nitrogen and oxygen atoms in total. The zero-order valence-corrected chi connectivity index (χ0v) is 6.89. The van der Waals surface area contributed by atoms with E-state index >= 15 is 0 Å². The van der Waals surface area contributed by atoms with Crippen LogP contribution in [0.4, 0.5) is 0 Å². The van der Waals surface area contributed by atoms with Gasteiger partial charge in [-0.3, -0.25) is 4.79 Å². The Morgan fingerprint density at radius 1 is 1.45 bits per heavy atom. The van der Waals surface area contributed by atoms with Crippen LogP contribution in [0.3, 0.4) is 0 Å². The van der Waals surface area contributed by atoms with Crippen LogP contribution in [-0.2, 0) is 4.79 Å². The van der Waals surface area contributed by atoms with E-state index in [1.54, 1.807) is 0 Å². The predicted molar refractivity (Wildman–Crippen MR) is 41.1 cm³/mol. The molecule has 2 aliphatic rings. The van der Waals surface area contributed by atoms with Crippen LogP contribution < -0.4 is 0 Å². The molecule has 2 heteroatoms. The molecule has 0 aromatic carbocycles. The van der Waals surface area contributed by atoms with Gasteiger partial charge in [0.05, 0.1) is 0 Å². The number of rotatable bonds is 0. The molecule has 2 bridgehead atoms. The smallest absolute Gasteiger partial charge is 0.164 e. The Bertz CT molecular complexity index is 212. The number of hydrogen-bond acceptors (Lipinski definition) is 2. The molecule has 0 amide bonds. The molecule has 2 atom stereocenters. The molecule has 0 heterocycles. The predicted octanol–water partition coefficient (Wildman–Crippen LogP) is 1.27. The Hall–Kier alpha value is -0.370. The molecule has 2 saturated carbocycles. The van der Waals surface area contributed by atoms with E-state index in [4.69, 9.17) is 0 Å². The average Bonchev–Trinajstić information content (AvgIpc) is 1.99. The van der Waals surface area contributed by atoms with Gasteiger partial charge in [-0.25, -0.2) is 0 Å². The highest BCUT2D eigenvalue weighted by Crippen LogP contribution is 2.51. The molecule has 0 aromatic heterocycles. The van der Waals surface area contributed by atoms with E-state index in [0.29, 0.717) is 19.3 Å². The molecule has 1 N–H and O–H groups in total. The van der Waals surface area contributed by atoms with Gasteiger partial charge in [-0.1, -0.05) is 6.92 Å². The Morgan fingerprint density at radius 2 is 2.18 bits per heavy atom. The minimum atomic E-state index is -0.924. The number of hydrogen-bond donors (Lipinski definition) is 1. The maximum Gasteiger partial charge on any atom is 0.164 e. The number of ketones is 1. The summed E-state index contributed by atoms with van der Waals surface area (Å²) in [4.78, 5) is 11.3. The van der Waals surface area contributed by atoms with Crippen molar-refractivity contribution in [3.63, 3.8) is 0 Å². The standard InChI is InChI=1S/C9H14O2/c1-8-3-2-4-9(11,6-8)7(10)5-8/h11H,2-6H2,1H3/t8-,9+/m0/s1. The van der Waals surface area contributed by atoms with Crippen LogP contribution in [0, 0.1) is 5.41 Å². The van der Waals surface area contributed by atoms with Crippen molar-refractivity contribution < 1.29 is 9.90 Å². The molecule has 0 spiro atoms. The highest BCUT2D eigenvalue weighted by atomic mass is 16.3. The minimum absolute atomic E-state index is 0.0810. The van der Waals surface area contributed by atoms with Crippen molar-refractivity contribution in [3.05, 3.63) is 0 Å². The van der Waals surface area contributed by atoms with Gasteiger partial charge in [-0.05, 0) is 31.1 Å². The van der Waals surface area contributed by atoms with E-state index in [-0.39, 0.29) is 11.2 Å². The Balaban J connectivity index is 2.33. The third kappa shape index (κ3) is 0.924. The second-order valence-corrected chi connectivity index (χ2v) is 4.47. The van der Waals surface area contributed by atoms with Gasteiger partial charge in [-0.15, -0.1) is 0 Å². The number of aliphatic hydroxyl groups is 1. The summed E-state index contributed by atoms with van der Waals surface area (Å²) in [5.74, 6) is 0.0810. The number of fused-ring (bicyclic) bond motifs is 2. The van der Waals surface area contributed by atoms with Crippen molar-refractivity contribution in [2.75, 3.05) is 0 Å². The highest BCUT2D eigenvalue weighted by molar-refractivity contribution is 5.90. The molecule has 11 heavy (non-hydrogen) atoms. The summed E-state index contributed by atoms with van der Waals surface area (Å²) < 4.78 is 0. The Labute approximate surface area is 66.6 Å². The number of Topliss-reactive ketones (excluding diaryl/α,β-unsaturated/α-hetero) is 1. The molecule has 2 fully saturated rings. The number of carbonyl (C=O) groups excluding carboxylic acids is 1. The van der Waals surface area contributed by atoms with Gasteiger partial charge < -0.3 is 5.11 Å². The third-order valence-corrected chi connectivity index (χ3v) is 3.20. The summed E-state index contributed by atoms with van der Waals surface area (Å²) in [5, 5.41) is 9.81. The van der Waals surface area contributed by atoms with Gasteiger partial charge in [0, 0.05) is 6.42 Å². The van der Waals surface area contributed by atoms with Gasteiger partial charge >= 0.3 is 0 Å². The quantitative estimate of drug-likeness (QED) is 0.570. The third-order valence-electron chi connectivity index (χ3n) is 3.20. The molecular formula is C9H14O2. The van der Waals surface area contributed by atoms with Crippen molar-refractivity contribution in [1.29, 1.82) is 0 Å². The van der Waals surface area contributed by atoms with Crippen LogP contribution in [0.5, 0.6) is 0 Å². The molecule has 2 aliphatic carbocycles. The van der Waals surface area contributed by atoms with E-state index < -0.39 is 5.60 Å². The second-order valence-electron chi connectivity index (χ2n) is 4.47. The summed E-state index contributed by atoms with van der Waals surface area (Å²) >= 11 is 0. The first-order valence-corrected chi connectivity index (χ1v) is 4.30. The lowest BCUT2D eigenvalue weighted by atomic mass is 9.76. The molecule has 0 unspecified atom stereocenters. The van der Waals surface area contributed by atoms with Gasteiger partial charge in [0.1, 0.15) is 5.60 Å². The summed E-state index contributed by atoms with van der Waals surface area (Å²) in [6, 6.07) is 0. The first kappa shape index (κ1) is 7.29. The lowest BCUT2D eigenvalue weighted by Gasteiger charge is -2.31. The van der Waals surface area contributed by atoms with Crippen LogP contribution in [0.2, 0.25) is 0 Å². The van der Waals surface area contributed by atoms with Crippen molar-refractivity contribution in [3.8, 4) is 0 Å². The molecule has 62 valence electrons. The van der Waals surface area contributed by atoms with Crippen LogP contribution in [-0.4, -0.2) is 16.5 Å². The van der Waals surface area contributed by atoms with Gasteiger partial charge in [0.2, 0.25) is 0 Å². The zero-order chi connectivity index (χ0) is 8.11. The van der Waals surface area contributed by atoms with Gasteiger partial charge in [-0.2, -0.15) is 0 Å². The molecule has 0 aliphatic heterocycles. The SMILES string of the molecule is C[C@@]12CCC[C@@](O)(C1)C(=O)C2. The fourth-order valence-electron chi connectivity index (χ4n) is 2.63. The minimum Gasteiger partial charge on any atom is -0.382 e. The van der Waals surface area contributed by atoms with Gasteiger partial charge in [0.25, 0.3) is 0 Å². The fraction of sp³-hybridized carbons (Fsp3) is 0.889. The molecule has 0 aromatic rings. The largest absolute Gasteiger partial charge is 0.382 e. The van der Waals surface area contributed by atoms with Crippen molar-refractivity contribution in [1.82, 2.24) is 0 Å². The first-order valence-electron chi connectivity index (χ1n) is 4.30. The van der Waals surface area contributed by atoms with Crippen LogP contribution in [0.15, 0.2) is 0 Å². The van der Waals surface area contributed by atoms with Gasteiger partial charge in [0.15, 0.2) is 5.78 Å². The van der Waals surface area contributed by atoms with Crippen molar-refractivity contribution in [2.45, 2.75) is 44.6 Å². The van der Waals surface area contributed by atoms with Crippen LogP contribution >= 0.6 is 0 Å². The van der Waals surface area contributed by atoms with E-state index in [1.807, 2.05) is 0 Å². The Morgan fingerprint density at radius 3 is 2.73 bits per heavy atom. The average molecular weight is 154 g/mol. The monoisotopic (exact) mass is 154 g/mol. The molecule has 0 saturated heterocycles. The number of carbonyl (C=O) groups is 1. The maximum atomic E-state index is 11.3. The normalized spacial score (nSPS) is 49.8. The van der Waals surface area contributed by atoms with E-state index in [0.717, 1.165) is 12.8 Å². The molecular weight excluding hydrogens is 140 g/mol. The van der Waals surface area contributed by atoms with Crippen molar-refractivity contribution in [2.24, 2.45) is 5.41 Å². The van der Waals surface area contributed by atoms with Crippen molar-refractivity contribution >= 4 is 5.78 Å². The maximum absolute atomic E-state index is 11.3. The topological polar surface area (TPSA) is 37.3 Å².